The van der Waals surface area contributed by atoms with Crippen molar-refractivity contribution in [2.45, 2.75) is 31.6 Å². The summed E-state index contributed by atoms with van der Waals surface area (Å²) in [7, 11) is 0. The Labute approximate surface area is 61.6 Å². The fraction of sp³-hybridized carbons (Fsp3) is 1.00. The van der Waals surface area contributed by atoms with Gasteiger partial charge in [0.15, 0.2) is 0 Å². The first kappa shape index (κ1) is 7.42. The standard InChI is InChI=1S/C7H15NS/c1-7(2)8-5-3-4-6-9-7/h8H,3-6H2,1-2H3. The maximum atomic E-state index is 3.48. The first-order chi connectivity index (χ1) is 4.21. The molecule has 1 heterocycles. The van der Waals surface area contributed by atoms with Gasteiger partial charge >= 0.3 is 0 Å². The normalized spacial score (nSPS) is 27.3. The molecule has 0 aromatic carbocycles. The predicted molar refractivity (Wildman–Crippen MR) is 43.8 cm³/mol. The van der Waals surface area contributed by atoms with Crippen molar-refractivity contribution in [2.75, 3.05) is 12.3 Å². The smallest absolute Gasteiger partial charge is 0.0588 e. The molecular weight excluding hydrogens is 130 g/mol. The molecule has 0 unspecified atom stereocenters. The third kappa shape index (κ3) is 2.59. The molecule has 1 fully saturated rings. The Bertz CT molecular complexity index is 80.9. The van der Waals surface area contributed by atoms with Crippen molar-refractivity contribution >= 4 is 11.8 Å². The van der Waals surface area contributed by atoms with Crippen LogP contribution in [-0.2, 0) is 0 Å². The summed E-state index contributed by atoms with van der Waals surface area (Å²) in [6.45, 7) is 5.70. The Kier molecular flexibility index (Phi) is 2.42. The van der Waals surface area contributed by atoms with Crippen LogP contribution in [0.5, 0.6) is 0 Å². The molecule has 2 heteroatoms. The van der Waals surface area contributed by atoms with Crippen LogP contribution in [0.2, 0.25) is 0 Å². The lowest BCUT2D eigenvalue weighted by Crippen LogP contribution is -2.34. The molecule has 1 rings (SSSR count). The van der Waals surface area contributed by atoms with Gasteiger partial charge in [-0.25, -0.2) is 0 Å². The van der Waals surface area contributed by atoms with Crippen molar-refractivity contribution in [1.29, 1.82) is 0 Å². The second kappa shape index (κ2) is 2.93. The van der Waals surface area contributed by atoms with Gasteiger partial charge in [0.2, 0.25) is 0 Å². The Morgan fingerprint density at radius 3 is 2.89 bits per heavy atom. The molecule has 0 amide bonds. The van der Waals surface area contributed by atoms with E-state index >= 15 is 0 Å². The quantitative estimate of drug-likeness (QED) is 0.558. The van der Waals surface area contributed by atoms with Crippen LogP contribution in [0, 0.1) is 0 Å². The highest BCUT2D eigenvalue weighted by Gasteiger charge is 2.18. The van der Waals surface area contributed by atoms with E-state index in [0.717, 1.165) is 0 Å². The predicted octanol–water partition coefficient (Wildman–Crippen LogP) is 1.84. The fourth-order valence-corrected chi connectivity index (χ4v) is 2.06. The maximum absolute atomic E-state index is 3.48. The van der Waals surface area contributed by atoms with Gasteiger partial charge in [0.1, 0.15) is 0 Å². The summed E-state index contributed by atoms with van der Waals surface area (Å²) in [4.78, 5) is 0.330. The van der Waals surface area contributed by atoms with E-state index in [0.29, 0.717) is 4.87 Å². The lowest BCUT2D eigenvalue weighted by Gasteiger charge is -2.22. The van der Waals surface area contributed by atoms with Gasteiger partial charge in [0.05, 0.1) is 4.87 Å². The van der Waals surface area contributed by atoms with Crippen molar-refractivity contribution < 1.29 is 0 Å². The van der Waals surface area contributed by atoms with E-state index in [-0.39, 0.29) is 0 Å². The monoisotopic (exact) mass is 145 g/mol. The van der Waals surface area contributed by atoms with Gasteiger partial charge < -0.3 is 5.32 Å². The van der Waals surface area contributed by atoms with Gasteiger partial charge in [-0.1, -0.05) is 0 Å². The highest BCUT2D eigenvalue weighted by Crippen LogP contribution is 2.24. The molecule has 1 saturated heterocycles. The van der Waals surface area contributed by atoms with Gasteiger partial charge in [-0.3, -0.25) is 0 Å². The summed E-state index contributed by atoms with van der Waals surface area (Å²) in [6.07, 6.45) is 2.72. The molecule has 1 aliphatic rings. The summed E-state index contributed by atoms with van der Waals surface area (Å²) < 4.78 is 0. The van der Waals surface area contributed by atoms with Crippen LogP contribution >= 0.6 is 11.8 Å². The molecule has 1 aliphatic heterocycles. The van der Waals surface area contributed by atoms with Crippen molar-refractivity contribution in [3.63, 3.8) is 0 Å². The number of hydrogen-bond acceptors (Lipinski definition) is 2. The molecule has 9 heavy (non-hydrogen) atoms. The van der Waals surface area contributed by atoms with Crippen molar-refractivity contribution in [1.82, 2.24) is 5.32 Å². The SMILES string of the molecule is CC1(C)NCCCCS1. The second-order valence-electron chi connectivity index (χ2n) is 2.99. The molecule has 0 radical (unpaired) electrons. The van der Waals surface area contributed by atoms with E-state index in [1.54, 1.807) is 0 Å². The zero-order valence-corrected chi connectivity index (χ0v) is 7.05. The van der Waals surface area contributed by atoms with Crippen LogP contribution < -0.4 is 5.32 Å². The lowest BCUT2D eigenvalue weighted by atomic mass is 10.3. The molecule has 0 saturated carbocycles. The molecule has 0 bridgehead atoms. The average molecular weight is 145 g/mol. The Morgan fingerprint density at radius 2 is 2.11 bits per heavy atom. The van der Waals surface area contributed by atoms with Gasteiger partial charge in [-0.05, 0) is 39.0 Å². The van der Waals surface area contributed by atoms with E-state index < -0.39 is 0 Å². The number of thioether (sulfide) groups is 1. The highest BCUT2D eigenvalue weighted by molar-refractivity contribution is 8.00. The van der Waals surface area contributed by atoms with Crippen LogP contribution in [0.3, 0.4) is 0 Å². The molecule has 1 N–H and O–H groups in total. The average Bonchev–Trinajstić information content (AvgIpc) is 1.92. The second-order valence-corrected chi connectivity index (χ2v) is 4.71. The van der Waals surface area contributed by atoms with Crippen molar-refractivity contribution in [3.8, 4) is 0 Å². The van der Waals surface area contributed by atoms with Crippen LogP contribution in [-0.4, -0.2) is 17.2 Å². The lowest BCUT2D eigenvalue weighted by molar-refractivity contribution is 0.541. The third-order valence-electron chi connectivity index (χ3n) is 1.58. The summed E-state index contributed by atoms with van der Waals surface area (Å²) in [5, 5.41) is 3.48. The number of nitrogens with one attached hydrogen (secondary N) is 1. The van der Waals surface area contributed by atoms with E-state index in [9.17, 15) is 0 Å². The zero-order chi connectivity index (χ0) is 6.74. The molecule has 54 valence electrons. The van der Waals surface area contributed by atoms with Crippen LogP contribution in [0.1, 0.15) is 26.7 Å². The fourth-order valence-electron chi connectivity index (χ4n) is 0.995. The molecule has 0 aromatic rings. The molecule has 0 aromatic heterocycles. The largest absolute Gasteiger partial charge is 0.303 e. The van der Waals surface area contributed by atoms with E-state index in [4.69, 9.17) is 0 Å². The highest BCUT2D eigenvalue weighted by atomic mass is 32.2. The van der Waals surface area contributed by atoms with Gasteiger partial charge in [-0.2, -0.15) is 0 Å². The number of rotatable bonds is 0. The van der Waals surface area contributed by atoms with Crippen LogP contribution in [0.25, 0.3) is 0 Å². The van der Waals surface area contributed by atoms with Gasteiger partial charge in [-0.15, -0.1) is 11.8 Å². The minimum atomic E-state index is 0.330. The third-order valence-corrected chi connectivity index (χ3v) is 2.94. The first-order valence-corrected chi connectivity index (χ1v) is 4.58. The van der Waals surface area contributed by atoms with Crippen molar-refractivity contribution in [2.24, 2.45) is 0 Å². The minimum Gasteiger partial charge on any atom is -0.303 e. The Morgan fingerprint density at radius 1 is 1.33 bits per heavy atom. The first-order valence-electron chi connectivity index (χ1n) is 3.60. The summed E-state index contributed by atoms with van der Waals surface area (Å²) in [5.74, 6) is 1.32. The minimum absolute atomic E-state index is 0.330. The Balaban J connectivity index is 2.36. The van der Waals surface area contributed by atoms with Gasteiger partial charge in [0.25, 0.3) is 0 Å². The molecule has 0 aliphatic carbocycles. The van der Waals surface area contributed by atoms with Crippen molar-refractivity contribution in [3.05, 3.63) is 0 Å². The van der Waals surface area contributed by atoms with Crippen LogP contribution in [0.15, 0.2) is 0 Å². The topological polar surface area (TPSA) is 12.0 Å². The van der Waals surface area contributed by atoms with Gasteiger partial charge in [0, 0.05) is 0 Å². The summed E-state index contributed by atoms with van der Waals surface area (Å²) in [6, 6.07) is 0. The van der Waals surface area contributed by atoms with Crippen LogP contribution in [0.4, 0.5) is 0 Å². The molecule has 1 nitrogen and oxygen atoms in total. The van der Waals surface area contributed by atoms with E-state index in [2.05, 4.69) is 19.2 Å². The molecule has 0 atom stereocenters. The van der Waals surface area contributed by atoms with E-state index in [1.165, 1.54) is 25.1 Å². The molecule has 0 spiro atoms. The molecular formula is C7H15NS. The Hall–Kier alpha value is 0.310. The summed E-state index contributed by atoms with van der Waals surface area (Å²) in [5.41, 5.74) is 0. The maximum Gasteiger partial charge on any atom is 0.0588 e. The van der Waals surface area contributed by atoms with E-state index in [1.807, 2.05) is 11.8 Å². The summed E-state index contributed by atoms with van der Waals surface area (Å²) >= 11 is 2.03. The number of hydrogen-bond donors (Lipinski definition) is 1. The zero-order valence-electron chi connectivity index (χ0n) is 6.24.